The molecule has 0 unspecified atom stereocenters. The molecule has 0 amide bonds. The first kappa shape index (κ1) is 18.9. The molecular formula is C11H26O6Si2. The van der Waals surface area contributed by atoms with Crippen LogP contribution in [-0.2, 0) is 26.6 Å². The van der Waals surface area contributed by atoms with E-state index in [0.29, 0.717) is 26.2 Å². The van der Waals surface area contributed by atoms with Crippen molar-refractivity contribution < 1.29 is 26.6 Å². The van der Waals surface area contributed by atoms with Gasteiger partial charge in [-0.2, -0.15) is 0 Å². The molecule has 0 rings (SSSR count). The molecule has 0 aromatic rings. The Bertz CT molecular complexity index is 233. The van der Waals surface area contributed by atoms with Crippen LogP contribution in [0.15, 0.2) is 12.7 Å². The second-order valence-corrected chi connectivity index (χ2v) is 11.5. The summed E-state index contributed by atoms with van der Waals surface area (Å²) < 4.78 is 34.0. The fourth-order valence-electron chi connectivity index (χ4n) is 1.67. The van der Waals surface area contributed by atoms with Crippen LogP contribution in [0.4, 0.5) is 0 Å². The minimum absolute atomic E-state index is 0.431. The molecule has 6 nitrogen and oxygen atoms in total. The molecule has 0 aliphatic heterocycles. The van der Waals surface area contributed by atoms with Crippen molar-refractivity contribution in [3.63, 3.8) is 0 Å². The fourth-order valence-corrected chi connectivity index (χ4v) is 9.86. The summed E-state index contributed by atoms with van der Waals surface area (Å²) in [6.45, 7) is 8.71. The van der Waals surface area contributed by atoms with Gasteiger partial charge in [-0.3, -0.25) is 0 Å². The molecule has 114 valence electrons. The molecule has 0 atom stereocenters. The summed E-state index contributed by atoms with van der Waals surface area (Å²) >= 11 is 0. The van der Waals surface area contributed by atoms with Crippen LogP contribution in [0.2, 0.25) is 0 Å². The Morgan fingerprint density at radius 1 is 0.842 bits per heavy atom. The molecule has 0 radical (unpaired) electrons. The number of hydrogen-bond donors (Lipinski definition) is 0. The van der Waals surface area contributed by atoms with Gasteiger partial charge >= 0.3 is 16.6 Å². The van der Waals surface area contributed by atoms with E-state index in [-0.39, 0.29) is 0 Å². The van der Waals surface area contributed by atoms with E-state index in [1.54, 1.807) is 6.08 Å². The SMILES string of the molecule is C=CCCO[Si](OCC)(OCC)[Si](OC)(OC)OC. The van der Waals surface area contributed by atoms with Gasteiger partial charge in [0.15, 0.2) is 0 Å². The van der Waals surface area contributed by atoms with E-state index in [1.807, 2.05) is 13.8 Å². The Labute approximate surface area is 118 Å². The van der Waals surface area contributed by atoms with Gasteiger partial charge in [-0.15, -0.1) is 6.58 Å². The van der Waals surface area contributed by atoms with Crippen molar-refractivity contribution in [3.8, 4) is 0 Å². The maximum Gasteiger partial charge on any atom is 0.577 e. The predicted molar refractivity (Wildman–Crippen MR) is 76.6 cm³/mol. The molecule has 0 fully saturated rings. The lowest BCUT2D eigenvalue weighted by Gasteiger charge is -2.37. The van der Waals surface area contributed by atoms with Crippen molar-refractivity contribution in [1.82, 2.24) is 0 Å². The van der Waals surface area contributed by atoms with Gasteiger partial charge in [0.25, 0.3) is 0 Å². The van der Waals surface area contributed by atoms with Gasteiger partial charge in [0, 0.05) is 41.2 Å². The van der Waals surface area contributed by atoms with Crippen molar-refractivity contribution in [3.05, 3.63) is 12.7 Å². The van der Waals surface area contributed by atoms with E-state index in [9.17, 15) is 0 Å². The zero-order valence-corrected chi connectivity index (χ0v) is 14.6. The smallest absolute Gasteiger partial charge is 0.375 e. The van der Waals surface area contributed by atoms with Gasteiger partial charge in [0.2, 0.25) is 0 Å². The summed E-state index contributed by atoms with van der Waals surface area (Å²) in [6, 6.07) is 0. The largest absolute Gasteiger partial charge is 0.577 e. The Kier molecular flexibility index (Phi) is 9.74. The third-order valence-corrected chi connectivity index (χ3v) is 12.1. The van der Waals surface area contributed by atoms with Crippen LogP contribution in [0.25, 0.3) is 0 Å². The van der Waals surface area contributed by atoms with Gasteiger partial charge in [0.1, 0.15) is 0 Å². The van der Waals surface area contributed by atoms with Crippen LogP contribution >= 0.6 is 0 Å². The van der Waals surface area contributed by atoms with Crippen molar-refractivity contribution in [2.75, 3.05) is 41.2 Å². The highest BCUT2D eigenvalue weighted by molar-refractivity contribution is 7.26. The predicted octanol–water partition coefficient (Wildman–Crippen LogP) is 1.55. The molecule has 19 heavy (non-hydrogen) atoms. The van der Waals surface area contributed by atoms with Gasteiger partial charge < -0.3 is 26.6 Å². The van der Waals surface area contributed by atoms with Crippen molar-refractivity contribution in [1.29, 1.82) is 0 Å². The lowest BCUT2D eigenvalue weighted by molar-refractivity contribution is 0.0406. The lowest BCUT2D eigenvalue weighted by Crippen LogP contribution is -2.73. The highest BCUT2D eigenvalue weighted by Gasteiger charge is 2.71. The summed E-state index contributed by atoms with van der Waals surface area (Å²) in [4.78, 5) is 0. The second-order valence-electron chi connectivity index (χ2n) is 3.52. The van der Waals surface area contributed by atoms with Crippen LogP contribution < -0.4 is 0 Å². The summed E-state index contributed by atoms with van der Waals surface area (Å²) in [5.41, 5.74) is 0. The molecule has 0 saturated carbocycles. The Morgan fingerprint density at radius 2 is 1.32 bits per heavy atom. The first-order chi connectivity index (χ1) is 9.11. The standard InChI is InChI=1S/C11H26O6Si2/c1-7-10-11-17-19(15-8-2,16-9-3)18(12-4,13-5)14-6/h7H,1,8-11H2,2-6H3. The van der Waals surface area contributed by atoms with Crippen LogP contribution in [0.3, 0.4) is 0 Å². The Morgan fingerprint density at radius 3 is 1.63 bits per heavy atom. The first-order valence-electron chi connectivity index (χ1n) is 6.30. The summed E-state index contributed by atoms with van der Waals surface area (Å²) in [5.74, 6) is 0. The molecule has 0 aromatic carbocycles. The first-order valence-corrected chi connectivity index (χ1v) is 10.7. The normalized spacial score (nSPS) is 12.7. The van der Waals surface area contributed by atoms with Crippen LogP contribution in [-0.4, -0.2) is 57.8 Å². The molecule has 8 heteroatoms. The molecule has 0 aliphatic rings. The monoisotopic (exact) mass is 310 g/mol. The molecular weight excluding hydrogens is 284 g/mol. The Hall–Kier alpha value is -0.0662. The average molecular weight is 310 g/mol. The maximum absolute atomic E-state index is 5.90. The molecule has 0 N–H and O–H groups in total. The zero-order chi connectivity index (χ0) is 14.8. The molecule has 0 aliphatic carbocycles. The lowest BCUT2D eigenvalue weighted by atomic mass is 10.5. The van der Waals surface area contributed by atoms with E-state index >= 15 is 0 Å². The van der Waals surface area contributed by atoms with Gasteiger partial charge in [0.05, 0.1) is 0 Å². The number of hydrogen-bond acceptors (Lipinski definition) is 6. The maximum atomic E-state index is 5.90. The summed E-state index contributed by atoms with van der Waals surface area (Å²) in [5, 5.41) is 0. The minimum atomic E-state index is -3.19. The minimum Gasteiger partial charge on any atom is -0.375 e. The van der Waals surface area contributed by atoms with Crippen molar-refractivity contribution >= 4 is 16.6 Å². The Balaban J connectivity index is 5.30. The van der Waals surface area contributed by atoms with Crippen LogP contribution in [0.1, 0.15) is 20.3 Å². The topological polar surface area (TPSA) is 55.4 Å². The van der Waals surface area contributed by atoms with Gasteiger partial charge in [-0.25, -0.2) is 0 Å². The highest BCUT2D eigenvalue weighted by Crippen LogP contribution is 2.25. The van der Waals surface area contributed by atoms with Crippen molar-refractivity contribution in [2.45, 2.75) is 20.3 Å². The quantitative estimate of drug-likeness (QED) is 0.310. The van der Waals surface area contributed by atoms with E-state index < -0.39 is 16.6 Å². The van der Waals surface area contributed by atoms with E-state index in [4.69, 9.17) is 26.6 Å². The van der Waals surface area contributed by atoms with E-state index in [2.05, 4.69) is 6.58 Å². The number of rotatable bonds is 12. The van der Waals surface area contributed by atoms with Gasteiger partial charge in [-0.1, -0.05) is 6.08 Å². The average Bonchev–Trinajstić information content (AvgIpc) is 2.42. The molecule has 0 spiro atoms. The molecule has 0 saturated heterocycles. The van der Waals surface area contributed by atoms with Crippen LogP contribution in [0.5, 0.6) is 0 Å². The summed E-state index contributed by atoms with van der Waals surface area (Å²) in [7, 11) is -1.77. The molecule has 0 heterocycles. The van der Waals surface area contributed by atoms with E-state index in [1.165, 1.54) is 21.3 Å². The molecule has 0 aromatic heterocycles. The van der Waals surface area contributed by atoms with Gasteiger partial charge in [-0.05, 0) is 20.3 Å². The zero-order valence-electron chi connectivity index (χ0n) is 12.6. The van der Waals surface area contributed by atoms with Crippen LogP contribution in [0, 0.1) is 0 Å². The van der Waals surface area contributed by atoms with Crippen molar-refractivity contribution in [2.24, 2.45) is 0 Å². The third-order valence-electron chi connectivity index (χ3n) is 2.46. The second kappa shape index (κ2) is 9.78. The third kappa shape index (κ3) is 4.46. The highest BCUT2D eigenvalue weighted by atomic mass is 29.3. The fraction of sp³-hybridized carbons (Fsp3) is 0.818. The molecule has 0 bridgehead atoms. The van der Waals surface area contributed by atoms with E-state index in [0.717, 1.165) is 0 Å². The summed E-state index contributed by atoms with van der Waals surface area (Å²) in [6.07, 6.45) is 2.46.